The number of piperazine rings is 1. The average Bonchev–Trinajstić information content (AvgIpc) is 2.44. The molecule has 1 aliphatic heterocycles. The number of hydrogen-bond acceptors (Lipinski definition) is 2. The van der Waals surface area contributed by atoms with Crippen molar-refractivity contribution in [2.24, 2.45) is 0 Å². The van der Waals surface area contributed by atoms with Gasteiger partial charge in [0.25, 0.3) is 0 Å². The first-order valence-corrected chi connectivity index (χ1v) is 7.63. The van der Waals surface area contributed by atoms with Gasteiger partial charge in [0.2, 0.25) is 0 Å². The summed E-state index contributed by atoms with van der Waals surface area (Å²) in [6.07, 6.45) is 1.10. The van der Waals surface area contributed by atoms with Crippen molar-refractivity contribution < 1.29 is 4.39 Å². The van der Waals surface area contributed by atoms with Crippen molar-refractivity contribution in [3.63, 3.8) is 0 Å². The van der Waals surface area contributed by atoms with Crippen molar-refractivity contribution in [1.82, 2.24) is 10.2 Å². The van der Waals surface area contributed by atoms with Crippen molar-refractivity contribution in [3.8, 4) is 0 Å². The van der Waals surface area contributed by atoms with Crippen LogP contribution in [-0.2, 0) is 0 Å². The van der Waals surface area contributed by atoms with E-state index in [1.807, 2.05) is 13.0 Å². The van der Waals surface area contributed by atoms with Crippen LogP contribution < -0.4 is 5.32 Å². The highest BCUT2D eigenvalue weighted by Crippen LogP contribution is 2.29. The van der Waals surface area contributed by atoms with Crippen LogP contribution in [0.3, 0.4) is 0 Å². The highest BCUT2D eigenvalue weighted by atomic mass is 19.1. The standard InChI is InChI=1S/C17H27FN2/c1-6-17(5)11-20(13(3)10-19-17)14(4)15-8-7-12(2)16(18)9-15/h7-9,13-14,19H,6,10-11H2,1-5H3. The van der Waals surface area contributed by atoms with Gasteiger partial charge in [-0.25, -0.2) is 4.39 Å². The molecule has 0 spiro atoms. The summed E-state index contributed by atoms with van der Waals surface area (Å²) in [4.78, 5) is 2.49. The zero-order valence-corrected chi connectivity index (χ0v) is 13.3. The minimum atomic E-state index is -0.101. The van der Waals surface area contributed by atoms with Crippen molar-refractivity contribution in [2.75, 3.05) is 13.1 Å². The van der Waals surface area contributed by atoms with E-state index in [2.05, 4.69) is 44.0 Å². The van der Waals surface area contributed by atoms with E-state index in [9.17, 15) is 4.39 Å². The predicted molar refractivity (Wildman–Crippen MR) is 82.4 cm³/mol. The van der Waals surface area contributed by atoms with Crippen LogP contribution >= 0.6 is 0 Å². The van der Waals surface area contributed by atoms with Crippen molar-refractivity contribution >= 4 is 0 Å². The second kappa shape index (κ2) is 5.82. The molecule has 1 aliphatic rings. The number of rotatable bonds is 3. The molecule has 1 saturated heterocycles. The summed E-state index contributed by atoms with van der Waals surface area (Å²) < 4.78 is 13.8. The van der Waals surface area contributed by atoms with Gasteiger partial charge in [0.05, 0.1) is 0 Å². The molecule has 0 aliphatic carbocycles. The largest absolute Gasteiger partial charge is 0.309 e. The van der Waals surface area contributed by atoms with Crippen LogP contribution in [0.1, 0.15) is 51.3 Å². The lowest BCUT2D eigenvalue weighted by atomic mass is 9.91. The summed E-state index contributed by atoms with van der Waals surface area (Å²) in [5, 5.41) is 3.64. The Labute approximate surface area is 122 Å². The minimum absolute atomic E-state index is 0.101. The maximum absolute atomic E-state index is 13.8. The molecule has 3 atom stereocenters. The first kappa shape index (κ1) is 15.5. The third kappa shape index (κ3) is 3.04. The van der Waals surface area contributed by atoms with Gasteiger partial charge < -0.3 is 5.32 Å². The van der Waals surface area contributed by atoms with Crippen LogP contribution in [0.15, 0.2) is 18.2 Å². The Bertz CT molecular complexity index is 474. The third-order valence-corrected chi connectivity index (χ3v) is 4.88. The van der Waals surface area contributed by atoms with Gasteiger partial charge in [-0.2, -0.15) is 0 Å². The molecule has 2 rings (SSSR count). The second-order valence-corrected chi connectivity index (χ2v) is 6.50. The normalized spacial score (nSPS) is 29.4. The molecule has 2 nitrogen and oxygen atoms in total. The van der Waals surface area contributed by atoms with E-state index in [4.69, 9.17) is 0 Å². The molecule has 1 N–H and O–H groups in total. The maximum Gasteiger partial charge on any atom is 0.126 e. The number of benzene rings is 1. The van der Waals surface area contributed by atoms with Gasteiger partial charge in [0.1, 0.15) is 5.82 Å². The summed E-state index contributed by atoms with van der Waals surface area (Å²) in [5.74, 6) is -0.101. The molecule has 0 saturated carbocycles. The lowest BCUT2D eigenvalue weighted by Crippen LogP contribution is -2.62. The van der Waals surface area contributed by atoms with E-state index < -0.39 is 0 Å². The van der Waals surface area contributed by atoms with Crippen LogP contribution in [-0.4, -0.2) is 29.6 Å². The lowest BCUT2D eigenvalue weighted by molar-refractivity contribution is 0.0596. The van der Waals surface area contributed by atoms with Crippen molar-refractivity contribution in [3.05, 3.63) is 35.1 Å². The van der Waals surface area contributed by atoms with Crippen molar-refractivity contribution in [1.29, 1.82) is 0 Å². The van der Waals surface area contributed by atoms with E-state index in [-0.39, 0.29) is 17.4 Å². The SMILES string of the molecule is CCC1(C)CN(C(C)c2ccc(C)c(F)c2)C(C)CN1. The fourth-order valence-electron chi connectivity index (χ4n) is 2.94. The topological polar surface area (TPSA) is 15.3 Å². The molecule has 0 radical (unpaired) electrons. The number of halogens is 1. The molecule has 1 heterocycles. The molecule has 3 unspecified atom stereocenters. The Balaban J connectivity index is 2.21. The second-order valence-electron chi connectivity index (χ2n) is 6.50. The predicted octanol–water partition coefficient (Wildman–Crippen LogP) is 3.66. The van der Waals surface area contributed by atoms with Crippen molar-refractivity contribution in [2.45, 2.75) is 58.7 Å². The van der Waals surface area contributed by atoms with Crippen LogP contribution in [0.25, 0.3) is 0 Å². The van der Waals surface area contributed by atoms with Gasteiger partial charge in [-0.3, -0.25) is 4.90 Å². The number of nitrogens with one attached hydrogen (secondary N) is 1. The molecule has 1 aromatic carbocycles. The average molecular weight is 278 g/mol. The van der Waals surface area contributed by atoms with E-state index in [1.54, 1.807) is 6.07 Å². The number of aryl methyl sites for hydroxylation is 1. The molecule has 1 fully saturated rings. The Kier molecular flexibility index (Phi) is 4.50. The minimum Gasteiger partial charge on any atom is -0.309 e. The van der Waals surface area contributed by atoms with E-state index in [0.29, 0.717) is 11.6 Å². The molecule has 0 bridgehead atoms. The number of hydrogen-bond donors (Lipinski definition) is 1. The first-order chi connectivity index (χ1) is 9.36. The van der Waals surface area contributed by atoms with Crippen LogP contribution in [0.2, 0.25) is 0 Å². The molecule has 112 valence electrons. The monoisotopic (exact) mass is 278 g/mol. The van der Waals surface area contributed by atoms with Crippen LogP contribution in [0, 0.1) is 12.7 Å². The van der Waals surface area contributed by atoms with Gasteiger partial charge in [-0.15, -0.1) is 0 Å². The Morgan fingerprint density at radius 1 is 1.50 bits per heavy atom. The summed E-state index contributed by atoms with van der Waals surface area (Å²) >= 11 is 0. The molecular formula is C17H27FN2. The highest BCUT2D eigenvalue weighted by molar-refractivity contribution is 5.26. The van der Waals surface area contributed by atoms with Gasteiger partial charge in [0, 0.05) is 30.7 Å². The van der Waals surface area contributed by atoms with E-state index >= 15 is 0 Å². The van der Waals surface area contributed by atoms with Gasteiger partial charge in [-0.05, 0) is 51.3 Å². The zero-order valence-electron chi connectivity index (χ0n) is 13.3. The fraction of sp³-hybridized carbons (Fsp3) is 0.647. The summed E-state index contributed by atoms with van der Waals surface area (Å²) in [6, 6.07) is 6.34. The van der Waals surface area contributed by atoms with Crippen LogP contribution in [0.4, 0.5) is 4.39 Å². The Hall–Kier alpha value is -0.930. The number of nitrogens with zero attached hydrogens (tertiary/aromatic N) is 1. The quantitative estimate of drug-likeness (QED) is 0.908. The highest BCUT2D eigenvalue weighted by Gasteiger charge is 2.35. The smallest absolute Gasteiger partial charge is 0.126 e. The van der Waals surface area contributed by atoms with Gasteiger partial charge in [-0.1, -0.05) is 19.1 Å². The van der Waals surface area contributed by atoms with E-state index in [1.165, 1.54) is 0 Å². The Morgan fingerprint density at radius 2 is 2.20 bits per heavy atom. The lowest BCUT2D eigenvalue weighted by Gasteiger charge is -2.47. The zero-order chi connectivity index (χ0) is 14.9. The molecule has 1 aromatic rings. The van der Waals surface area contributed by atoms with Gasteiger partial charge in [0.15, 0.2) is 0 Å². The fourth-order valence-corrected chi connectivity index (χ4v) is 2.94. The van der Waals surface area contributed by atoms with E-state index in [0.717, 1.165) is 25.1 Å². The first-order valence-electron chi connectivity index (χ1n) is 7.63. The molecule has 0 amide bonds. The summed E-state index contributed by atoms with van der Waals surface area (Å²) in [6.45, 7) is 12.7. The summed E-state index contributed by atoms with van der Waals surface area (Å²) in [7, 11) is 0. The maximum atomic E-state index is 13.8. The molecule has 3 heteroatoms. The molecule has 20 heavy (non-hydrogen) atoms. The van der Waals surface area contributed by atoms with Gasteiger partial charge >= 0.3 is 0 Å². The summed E-state index contributed by atoms with van der Waals surface area (Å²) in [5.41, 5.74) is 1.94. The molecule has 0 aromatic heterocycles. The van der Waals surface area contributed by atoms with Crippen LogP contribution in [0.5, 0.6) is 0 Å². The third-order valence-electron chi connectivity index (χ3n) is 4.88. The molecular weight excluding hydrogens is 251 g/mol. The Morgan fingerprint density at radius 3 is 2.80 bits per heavy atom.